The topological polar surface area (TPSA) is 72.1 Å². The van der Waals surface area contributed by atoms with Crippen LogP contribution in [0.4, 0.5) is 18.9 Å². The lowest BCUT2D eigenvalue weighted by atomic mass is 10.1. The molecule has 2 aromatic rings. The third kappa shape index (κ3) is 7.29. The molecular formula is C19H24F3IN4O2S. The van der Waals surface area contributed by atoms with Crippen LogP contribution in [0.2, 0.25) is 0 Å². The lowest BCUT2D eigenvalue weighted by molar-refractivity contribution is -0.274. The van der Waals surface area contributed by atoms with Gasteiger partial charge in [-0.05, 0) is 30.5 Å². The van der Waals surface area contributed by atoms with Crippen molar-refractivity contribution in [3.8, 4) is 5.75 Å². The van der Waals surface area contributed by atoms with Gasteiger partial charge in [0.2, 0.25) is 0 Å². The minimum atomic E-state index is -4.79. The molecule has 0 bridgehead atoms. The molecule has 11 heteroatoms. The predicted molar refractivity (Wildman–Crippen MR) is 123 cm³/mol. The summed E-state index contributed by atoms with van der Waals surface area (Å²) >= 11 is 1.63. The zero-order chi connectivity index (χ0) is 20.9. The van der Waals surface area contributed by atoms with E-state index in [-0.39, 0.29) is 53.5 Å². The number of nitrogens with one attached hydrogen (secondary N) is 1. The number of nitrogens with zero attached hydrogens (tertiary/aromatic N) is 2. The van der Waals surface area contributed by atoms with Crippen molar-refractivity contribution in [3.05, 3.63) is 46.7 Å². The van der Waals surface area contributed by atoms with Crippen molar-refractivity contribution < 1.29 is 22.6 Å². The number of para-hydroxylation sites is 2. The SMILES string of the molecule is CC1CN(C(CN=C(N)Nc2ccccc2OC(F)(F)F)c2cccs2)CCO1.I. The zero-order valence-corrected chi connectivity index (χ0v) is 19.4. The molecule has 2 heterocycles. The summed E-state index contributed by atoms with van der Waals surface area (Å²) in [5.74, 6) is -0.346. The number of hydrogen-bond acceptors (Lipinski definition) is 5. The number of hydrogen-bond donors (Lipinski definition) is 2. The van der Waals surface area contributed by atoms with Gasteiger partial charge in [-0.3, -0.25) is 9.89 Å². The number of nitrogens with two attached hydrogens (primary N) is 1. The maximum atomic E-state index is 12.6. The zero-order valence-electron chi connectivity index (χ0n) is 16.3. The second kappa shape index (κ2) is 11.2. The van der Waals surface area contributed by atoms with Gasteiger partial charge in [-0.2, -0.15) is 0 Å². The van der Waals surface area contributed by atoms with Crippen molar-refractivity contribution in [2.45, 2.75) is 25.4 Å². The van der Waals surface area contributed by atoms with E-state index in [4.69, 9.17) is 10.5 Å². The van der Waals surface area contributed by atoms with Gasteiger partial charge in [0.1, 0.15) is 0 Å². The maximum Gasteiger partial charge on any atom is 0.573 e. The number of rotatable bonds is 6. The van der Waals surface area contributed by atoms with Gasteiger partial charge in [0.05, 0.1) is 31.0 Å². The molecule has 6 nitrogen and oxygen atoms in total. The van der Waals surface area contributed by atoms with Crippen LogP contribution in [0.1, 0.15) is 17.8 Å². The number of alkyl halides is 3. The summed E-state index contributed by atoms with van der Waals surface area (Å²) in [4.78, 5) is 7.82. The highest BCUT2D eigenvalue weighted by molar-refractivity contribution is 14.0. The van der Waals surface area contributed by atoms with Crippen molar-refractivity contribution in [1.82, 2.24) is 4.90 Å². The molecule has 1 fully saturated rings. The summed E-state index contributed by atoms with van der Waals surface area (Å²) in [5, 5.41) is 4.71. The van der Waals surface area contributed by atoms with E-state index >= 15 is 0 Å². The Balaban J connectivity index is 0.00000320. The van der Waals surface area contributed by atoms with E-state index in [0.717, 1.165) is 18.0 Å². The third-order valence-corrected chi connectivity index (χ3v) is 5.37. The average Bonchev–Trinajstić information content (AvgIpc) is 3.17. The number of benzene rings is 1. The first-order valence-corrected chi connectivity index (χ1v) is 10.0. The van der Waals surface area contributed by atoms with E-state index < -0.39 is 6.36 Å². The van der Waals surface area contributed by atoms with Crippen molar-refractivity contribution >= 4 is 47.0 Å². The van der Waals surface area contributed by atoms with E-state index in [9.17, 15) is 13.2 Å². The Morgan fingerprint density at radius 1 is 1.37 bits per heavy atom. The van der Waals surface area contributed by atoms with E-state index in [2.05, 4.69) is 19.9 Å². The monoisotopic (exact) mass is 556 g/mol. The molecule has 2 atom stereocenters. The molecule has 1 aromatic heterocycles. The molecule has 0 aliphatic carbocycles. The van der Waals surface area contributed by atoms with Crippen LogP contribution in [-0.2, 0) is 4.74 Å². The molecule has 3 N–H and O–H groups in total. The highest BCUT2D eigenvalue weighted by Gasteiger charge is 2.32. The van der Waals surface area contributed by atoms with Crippen LogP contribution in [0.25, 0.3) is 0 Å². The number of thiophene rings is 1. The van der Waals surface area contributed by atoms with E-state index in [1.54, 1.807) is 17.4 Å². The Morgan fingerprint density at radius 2 is 2.13 bits per heavy atom. The van der Waals surface area contributed by atoms with Gasteiger partial charge in [-0.15, -0.1) is 48.5 Å². The first-order chi connectivity index (χ1) is 13.8. The molecule has 1 saturated heterocycles. The van der Waals surface area contributed by atoms with Crippen molar-refractivity contribution in [2.24, 2.45) is 10.7 Å². The van der Waals surface area contributed by atoms with Crippen LogP contribution in [0.15, 0.2) is 46.8 Å². The molecular weight excluding hydrogens is 532 g/mol. The van der Waals surface area contributed by atoms with Gasteiger partial charge in [0.25, 0.3) is 0 Å². The number of guanidine groups is 1. The summed E-state index contributed by atoms with van der Waals surface area (Å²) in [7, 11) is 0. The molecule has 0 amide bonds. The molecule has 0 radical (unpaired) electrons. The fraction of sp³-hybridized carbons (Fsp3) is 0.421. The normalized spacial score (nSPS) is 19.1. The fourth-order valence-electron chi connectivity index (χ4n) is 3.14. The Hall–Kier alpha value is -1.57. The molecule has 166 valence electrons. The highest BCUT2D eigenvalue weighted by Crippen LogP contribution is 2.30. The minimum Gasteiger partial charge on any atom is -0.404 e. The Kier molecular flexibility index (Phi) is 9.19. The van der Waals surface area contributed by atoms with Gasteiger partial charge in [0.15, 0.2) is 11.7 Å². The number of halogens is 4. The van der Waals surface area contributed by atoms with Crippen LogP contribution in [0.5, 0.6) is 5.75 Å². The third-order valence-electron chi connectivity index (χ3n) is 4.39. The smallest absolute Gasteiger partial charge is 0.404 e. The van der Waals surface area contributed by atoms with Crippen LogP contribution < -0.4 is 15.8 Å². The molecule has 0 saturated carbocycles. The highest BCUT2D eigenvalue weighted by atomic mass is 127. The molecule has 1 aromatic carbocycles. The summed E-state index contributed by atoms with van der Waals surface area (Å²) < 4.78 is 47.4. The molecule has 2 unspecified atom stereocenters. The van der Waals surface area contributed by atoms with Gasteiger partial charge in [-0.1, -0.05) is 18.2 Å². The Morgan fingerprint density at radius 3 is 2.80 bits per heavy atom. The van der Waals surface area contributed by atoms with Gasteiger partial charge >= 0.3 is 6.36 Å². The number of anilines is 1. The summed E-state index contributed by atoms with van der Waals surface area (Å²) in [6.07, 6.45) is -4.67. The number of aliphatic imine (C=N–C) groups is 1. The standard InChI is InChI=1S/C19H23F3N4O2S.HI/c1-13-12-26(8-9-27-13)15(17-7-4-10-29-17)11-24-18(23)25-14-5-2-3-6-16(14)28-19(20,21)22;/h2-7,10,13,15H,8-9,11-12H2,1H3,(H3,23,24,25);1H. The Labute approximate surface area is 194 Å². The molecule has 3 rings (SSSR count). The molecule has 30 heavy (non-hydrogen) atoms. The first-order valence-electron chi connectivity index (χ1n) is 9.12. The molecule has 0 spiro atoms. The van der Waals surface area contributed by atoms with Gasteiger partial charge < -0.3 is 20.5 Å². The van der Waals surface area contributed by atoms with Crippen molar-refractivity contribution in [1.29, 1.82) is 0 Å². The van der Waals surface area contributed by atoms with Crippen molar-refractivity contribution in [2.75, 3.05) is 31.6 Å². The predicted octanol–water partition coefficient (Wildman–Crippen LogP) is 4.45. The van der Waals surface area contributed by atoms with Crippen LogP contribution in [0.3, 0.4) is 0 Å². The average molecular weight is 556 g/mol. The summed E-state index contributed by atoms with van der Waals surface area (Å²) in [6.45, 7) is 4.58. The van der Waals surface area contributed by atoms with Crippen molar-refractivity contribution in [3.63, 3.8) is 0 Å². The lowest BCUT2D eigenvalue weighted by Gasteiger charge is -2.36. The van der Waals surface area contributed by atoms with Crippen LogP contribution >= 0.6 is 35.3 Å². The van der Waals surface area contributed by atoms with E-state index in [0.29, 0.717) is 13.2 Å². The second-order valence-corrected chi connectivity index (χ2v) is 7.58. The Bertz CT molecular complexity index is 820. The number of ether oxygens (including phenoxy) is 2. The largest absolute Gasteiger partial charge is 0.573 e. The van der Waals surface area contributed by atoms with Crippen LogP contribution in [0, 0.1) is 0 Å². The van der Waals surface area contributed by atoms with E-state index in [1.807, 2.05) is 24.4 Å². The fourth-order valence-corrected chi connectivity index (χ4v) is 3.99. The van der Waals surface area contributed by atoms with Gasteiger partial charge in [-0.25, -0.2) is 0 Å². The maximum absolute atomic E-state index is 12.6. The minimum absolute atomic E-state index is 0. The lowest BCUT2D eigenvalue weighted by Crippen LogP contribution is -2.44. The summed E-state index contributed by atoms with van der Waals surface area (Å²) in [5.41, 5.74) is 6.06. The first kappa shape index (κ1) is 24.7. The van der Waals surface area contributed by atoms with Gasteiger partial charge in [0, 0.05) is 18.0 Å². The number of morpholine rings is 1. The second-order valence-electron chi connectivity index (χ2n) is 6.60. The quantitative estimate of drug-likeness (QED) is 0.313. The summed E-state index contributed by atoms with van der Waals surface area (Å²) in [6, 6.07) is 9.74. The van der Waals surface area contributed by atoms with E-state index in [1.165, 1.54) is 18.2 Å². The molecule has 1 aliphatic heterocycles. The van der Waals surface area contributed by atoms with Crippen LogP contribution in [-0.4, -0.2) is 49.6 Å². The molecule has 1 aliphatic rings.